The topological polar surface area (TPSA) is 70.8 Å². The molecule has 2 heterocycles. The van der Waals surface area contributed by atoms with E-state index >= 15 is 0 Å². The lowest BCUT2D eigenvalue weighted by Gasteiger charge is -2.24. The zero-order valence-corrected chi connectivity index (χ0v) is 15.6. The number of aliphatic hydroxyl groups is 1. The zero-order valence-electron chi connectivity index (χ0n) is 15.6. The summed E-state index contributed by atoms with van der Waals surface area (Å²) in [4.78, 5) is 26.5. The fourth-order valence-corrected chi connectivity index (χ4v) is 3.41. The van der Waals surface area contributed by atoms with Crippen molar-refractivity contribution in [1.82, 2.24) is 0 Å². The number of hydrogen-bond donors (Lipinski definition) is 1. The first-order chi connectivity index (χ1) is 14.7. The van der Waals surface area contributed by atoms with E-state index in [0.29, 0.717) is 0 Å². The highest BCUT2D eigenvalue weighted by Gasteiger charge is 2.48. The minimum absolute atomic E-state index is 0.0556. The molecule has 1 unspecified atom stereocenters. The number of aliphatic hydroxyl groups excluding tert-OH is 1. The Morgan fingerprint density at radius 2 is 1.71 bits per heavy atom. The molecule has 9 heteroatoms. The molecule has 31 heavy (non-hydrogen) atoms. The van der Waals surface area contributed by atoms with Crippen LogP contribution in [0.25, 0.3) is 5.76 Å². The molecular weight excluding hydrogens is 418 g/mol. The summed E-state index contributed by atoms with van der Waals surface area (Å²) >= 11 is 0. The lowest BCUT2D eigenvalue weighted by molar-refractivity contribution is -0.137. The van der Waals surface area contributed by atoms with Crippen molar-refractivity contribution in [2.24, 2.45) is 0 Å². The Kier molecular flexibility index (Phi) is 4.88. The maximum absolute atomic E-state index is 13.2. The number of benzene rings is 2. The fourth-order valence-electron chi connectivity index (χ4n) is 3.41. The van der Waals surface area contributed by atoms with Crippen molar-refractivity contribution in [3.63, 3.8) is 0 Å². The van der Waals surface area contributed by atoms with Crippen molar-refractivity contribution >= 4 is 23.1 Å². The monoisotopic (exact) mass is 431 g/mol. The molecule has 0 saturated carbocycles. The van der Waals surface area contributed by atoms with E-state index in [2.05, 4.69) is 0 Å². The number of hydrogen-bond acceptors (Lipinski definition) is 4. The molecule has 0 aliphatic carbocycles. The number of Topliss-reactive ketones (excluding diaryl/α,β-unsaturated/α-hetero) is 1. The van der Waals surface area contributed by atoms with Gasteiger partial charge in [0.05, 0.1) is 17.4 Å². The Morgan fingerprint density at radius 1 is 1.00 bits per heavy atom. The van der Waals surface area contributed by atoms with E-state index in [-0.39, 0.29) is 22.6 Å². The van der Waals surface area contributed by atoms with Gasteiger partial charge in [-0.15, -0.1) is 0 Å². The molecule has 0 bridgehead atoms. The predicted molar refractivity (Wildman–Crippen MR) is 101 cm³/mol. The molecule has 1 aliphatic heterocycles. The van der Waals surface area contributed by atoms with Crippen LogP contribution in [0.1, 0.15) is 22.9 Å². The number of carbonyl (C=O) groups is 2. The van der Waals surface area contributed by atoms with Crippen LogP contribution in [0.2, 0.25) is 0 Å². The van der Waals surface area contributed by atoms with Crippen LogP contribution in [-0.4, -0.2) is 16.8 Å². The Hall–Kier alpha value is -3.88. The van der Waals surface area contributed by atoms with Gasteiger partial charge in [-0.05, 0) is 54.6 Å². The van der Waals surface area contributed by atoms with Gasteiger partial charge < -0.3 is 9.52 Å². The maximum atomic E-state index is 13.2. The summed E-state index contributed by atoms with van der Waals surface area (Å²) in [5.74, 6) is -3.37. The highest BCUT2D eigenvalue weighted by atomic mass is 19.4. The van der Waals surface area contributed by atoms with E-state index in [4.69, 9.17) is 4.42 Å². The number of ketones is 1. The van der Waals surface area contributed by atoms with Crippen molar-refractivity contribution in [1.29, 1.82) is 0 Å². The zero-order chi connectivity index (χ0) is 22.3. The second kappa shape index (κ2) is 7.42. The van der Waals surface area contributed by atoms with Gasteiger partial charge in [-0.2, -0.15) is 13.2 Å². The number of alkyl halides is 3. The second-order valence-electron chi connectivity index (χ2n) is 6.74. The predicted octanol–water partition coefficient (Wildman–Crippen LogP) is 5.06. The van der Waals surface area contributed by atoms with Gasteiger partial charge in [-0.1, -0.05) is 6.07 Å². The molecule has 0 spiro atoms. The average Bonchev–Trinajstić information content (AvgIpc) is 3.35. The van der Waals surface area contributed by atoms with Gasteiger partial charge in [0.15, 0.2) is 0 Å². The van der Waals surface area contributed by atoms with Crippen molar-refractivity contribution in [3.05, 3.63) is 95.2 Å². The average molecular weight is 431 g/mol. The molecule has 2 aromatic carbocycles. The van der Waals surface area contributed by atoms with Gasteiger partial charge in [0.1, 0.15) is 23.4 Å². The number of halogens is 4. The Bertz CT molecular complexity index is 1180. The van der Waals surface area contributed by atoms with E-state index in [1.54, 1.807) is 0 Å². The van der Waals surface area contributed by atoms with E-state index in [1.165, 1.54) is 36.6 Å². The van der Waals surface area contributed by atoms with Crippen LogP contribution in [0.5, 0.6) is 0 Å². The van der Waals surface area contributed by atoms with Crippen LogP contribution in [0.15, 0.2) is 76.9 Å². The molecule has 1 aliphatic rings. The summed E-state index contributed by atoms with van der Waals surface area (Å²) in [7, 11) is 0. The highest BCUT2D eigenvalue weighted by molar-refractivity contribution is 6.51. The Balaban J connectivity index is 1.91. The maximum Gasteiger partial charge on any atom is 0.416 e. The molecular formula is C22H13F4NO4. The summed E-state index contributed by atoms with van der Waals surface area (Å²) in [6.07, 6.45) is -3.41. The molecule has 1 amide bonds. The quantitative estimate of drug-likeness (QED) is 0.272. The van der Waals surface area contributed by atoms with E-state index in [0.717, 1.165) is 35.2 Å². The lowest BCUT2D eigenvalue weighted by Crippen LogP contribution is -2.29. The van der Waals surface area contributed by atoms with Crippen molar-refractivity contribution in [2.45, 2.75) is 12.2 Å². The van der Waals surface area contributed by atoms with Crippen LogP contribution < -0.4 is 4.90 Å². The smallest absolute Gasteiger partial charge is 0.416 e. The first-order valence-electron chi connectivity index (χ1n) is 8.96. The molecule has 1 saturated heterocycles. The molecule has 1 N–H and O–H groups in total. The van der Waals surface area contributed by atoms with Gasteiger partial charge in [0.2, 0.25) is 0 Å². The number of amides is 1. The van der Waals surface area contributed by atoms with Crippen LogP contribution in [0, 0.1) is 5.82 Å². The van der Waals surface area contributed by atoms with Gasteiger partial charge in [-0.3, -0.25) is 14.5 Å². The van der Waals surface area contributed by atoms with Gasteiger partial charge in [0, 0.05) is 11.3 Å². The minimum Gasteiger partial charge on any atom is -0.507 e. The summed E-state index contributed by atoms with van der Waals surface area (Å²) in [6.45, 7) is 0. The third-order valence-electron chi connectivity index (χ3n) is 4.83. The molecule has 1 fully saturated rings. The van der Waals surface area contributed by atoms with Crippen molar-refractivity contribution < 1.29 is 36.7 Å². The summed E-state index contributed by atoms with van der Waals surface area (Å²) in [5, 5.41) is 10.8. The first kappa shape index (κ1) is 20.4. The van der Waals surface area contributed by atoms with Crippen LogP contribution in [0.3, 0.4) is 0 Å². The lowest BCUT2D eigenvalue weighted by atomic mass is 9.99. The Morgan fingerprint density at radius 3 is 2.32 bits per heavy atom. The number of nitrogens with zero attached hydrogens (tertiary/aromatic N) is 1. The molecule has 3 aromatic rings. The van der Waals surface area contributed by atoms with E-state index in [1.807, 2.05) is 0 Å². The SMILES string of the molecule is O=C1C(=O)N(c2cccc(C(F)(F)F)c2)C(c2ccco2)/C1=C(/O)c1ccc(F)cc1. The van der Waals surface area contributed by atoms with Crippen LogP contribution >= 0.6 is 0 Å². The van der Waals surface area contributed by atoms with Crippen LogP contribution in [-0.2, 0) is 15.8 Å². The minimum atomic E-state index is -4.67. The van der Waals surface area contributed by atoms with Gasteiger partial charge >= 0.3 is 6.18 Å². The third-order valence-corrected chi connectivity index (χ3v) is 4.83. The Labute approximate surface area is 172 Å². The molecule has 0 radical (unpaired) electrons. The van der Waals surface area contributed by atoms with E-state index < -0.39 is 41.0 Å². The number of rotatable bonds is 3. The normalized spacial score (nSPS) is 18.6. The largest absolute Gasteiger partial charge is 0.507 e. The summed E-state index contributed by atoms with van der Waals surface area (Å²) in [6, 6.07) is 10.0. The summed E-state index contributed by atoms with van der Waals surface area (Å²) < 4.78 is 58.1. The van der Waals surface area contributed by atoms with Gasteiger partial charge in [0.25, 0.3) is 11.7 Å². The van der Waals surface area contributed by atoms with Crippen LogP contribution in [0.4, 0.5) is 23.2 Å². The summed E-state index contributed by atoms with van der Waals surface area (Å²) in [5.41, 5.74) is -1.54. The van der Waals surface area contributed by atoms with Gasteiger partial charge in [-0.25, -0.2) is 4.39 Å². The number of anilines is 1. The van der Waals surface area contributed by atoms with Crippen molar-refractivity contribution in [2.75, 3.05) is 4.90 Å². The number of carbonyl (C=O) groups excluding carboxylic acids is 2. The number of furan rings is 1. The first-order valence-corrected chi connectivity index (χ1v) is 8.96. The molecule has 1 aromatic heterocycles. The molecule has 1 atom stereocenters. The fraction of sp³-hybridized carbons (Fsp3) is 0.0909. The van der Waals surface area contributed by atoms with Crippen molar-refractivity contribution in [3.8, 4) is 0 Å². The third kappa shape index (κ3) is 3.58. The molecule has 4 rings (SSSR count). The molecule has 158 valence electrons. The standard InChI is InChI=1S/C22H13F4NO4/c23-14-8-6-12(7-9-14)19(28)17-18(16-5-2-10-31-16)27(21(30)20(17)29)15-4-1-3-13(11-15)22(24,25)26/h1-11,18,28H/b19-17-. The van der Waals surface area contributed by atoms with E-state index in [9.17, 15) is 32.3 Å². The second-order valence-corrected chi connectivity index (χ2v) is 6.74. The highest BCUT2D eigenvalue weighted by Crippen LogP contribution is 2.43. The molecule has 5 nitrogen and oxygen atoms in total.